The van der Waals surface area contributed by atoms with Crippen LogP contribution in [0.5, 0.6) is 0 Å². The first-order valence-electron chi connectivity index (χ1n) is 8.27. The molecule has 0 radical (unpaired) electrons. The summed E-state index contributed by atoms with van der Waals surface area (Å²) in [7, 11) is 1.81. The van der Waals surface area contributed by atoms with E-state index < -0.39 is 0 Å². The van der Waals surface area contributed by atoms with Crippen LogP contribution in [0, 0.1) is 0 Å². The molecule has 0 aromatic carbocycles. The van der Waals surface area contributed by atoms with Gasteiger partial charge in [-0.15, -0.1) is 0 Å². The number of morpholine rings is 1. The third-order valence-electron chi connectivity index (χ3n) is 4.23. The molecule has 0 aliphatic carbocycles. The first-order chi connectivity index (χ1) is 10.9. The maximum Gasteiger partial charge on any atom is 0.191 e. The Morgan fingerprint density at radius 3 is 2.61 bits per heavy atom. The molecule has 2 unspecified atom stereocenters. The Morgan fingerprint density at radius 1 is 1.35 bits per heavy atom. The van der Waals surface area contributed by atoms with E-state index in [1.54, 1.807) is 11.3 Å². The summed E-state index contributed by atoms with van der Waals surface area (Å²) < 4.78 is 5.84. The quantitative estimate of drug-likeness (QED) is 0.639. The second kappa shape index (κ2) is 8.13. The van der Waals surface area contributed by atoms with E-state index in [0.29, 0.717) is 0 Å². The molecule has 0 saturated carbocycles. The van der Waals surface area contributed by atoms with Crippen LogP contribution >= 0.6 is 11.3 Å². The van der Waals surface area contributed by atoms with Crippen molar-refractivity contribution in [1.82, 2.24) is 15.5 Å². The monoisotopic (exact) mass is 338 g/mol. The minimum absolute atomic E-state index is 0.0479. The fourth-order valence-corrected chi connectivity index (χ4v) is 3.55. The molecule has 1 fully saturated rings. The molecule has 0 bridgehead atoms. The van der Waals surface area contributed by atoms with E-state index in [2.05, 4.69) is 65.0 Å². The molecule has 0 spiro atoms. The molecule has 130 valence electrons. The summed E-state index contributed by atoms with van der Waals surface area (Å²) in [6.07, 6.45) is 0.572. The lowest BCUT2D eigenvalue weighted by atomic mass is 10.00. The Hall–Kier alpha value is -1.11. The van der Waals surface area contributed by atoms with Crippen molar-refractivity contribution in [1.29, 1.82) is 0 Å². The predicted octanol–water partition coefficient (Wildman–Crippen LogP) is 2.30. The van der Waals surface area contributed by atoms with Gasteiger partial charge in [-0.2, -0.15) is 11.3 Å². The molecule has 5 nitrogen and oxygen atoms in total. The first-order valence-corrected chi connectivity index (χ1v) is 9.21. The highest BCUT2D eigenvalue weighted by molar-refractivity contribution is 7.07. The second-order valence-electron chi connectivity index (χ2n) is 6.89. The molecule has 23 heavy (non-hydrogen) atoms. The first kappa shape index (κ1) is 18.2. The van der Waals surface area contributed by atoms with Gasteiger partial charge in [-0.3, -0.25) is 9.89 Å². The summed E-state index contributed by atoms with van der Waals surface area (Å²) in [4.78, 5) is 6.83. The van der Waals surface area contributed by atoms with Crippen LogP contribution < -0.4 is 10.6 Å². The van der Waals surface area contributed by atoms with Crippen LogP contribution in [0.3, 0.4) is 0 Å². The maximum absolute atomic E-state index is 5.84. The van der Waals surface area contributed by atoms with E-state index in [1.807, 2.05) is 7.05 Å². The Labute approximate surface area is 144 Å². The fourth-order valence-electron chi connectivity index (χ4n) is 2.88. The molecule has 2 heterocycles. The summed E-state index contributed by atoms with van der Waals surface area (Å²) in [5.41, 5.74) is 1.33. The zero-order chi connectivity index (χ0) is 16.9. The minimum Gasteiger partial charge on any atom is -0.373 e. The summed E-state index contributed by atoms with van der Waals surface area (Å²) >= 11 is 1.72. The molecule has 0 amide bonds. The Balaban J connectivity index is 1.84. The van der Waals surface area contributed by atoms with Crippen LogP contribution in [0.25, 0.3) is 0 Å². The molecule has 1 saturated heterocycles. The van der Waals surface area contributed by atoms with Gasteiger partial charge in [0, 0.05) is 38.8 Å². The Bertz CT molecular complexity index is 491. The SMILES string of the molecule is CN=C(NCc1ccsc1)NCC(C)(C)N1CC(C)OC(C)C1. The van der Waals surface area contributed by atoms with Crippen molar-refractivity contribution in [3.05, 3.63) is 22.4 Å². The Kier molecular flexibility index (Phi) is 6.44. The molecule has 2 rings (SSSR count). The van der Waals surface area contributed by atoms with Gasteiger partial charge in [-0.05, 0) is 50.1 Å². The molecule has 2 atom stereocenters. The van der Waals surface area contributed by atoms with Gasteiger partial charge >= 0.3 is 0 Å². The third-order valence-corrected chi connectivity index (χ3v) is 4.96. The number of thiophene rings is 1. The molecular formula is C17H30N4OS. The molecule has 1 aliphatic heterocycles. The van der Waals surface area contributed by atoms with Crippen LogP contribution in [-0.2, 0) is 11.3 Å². The topological polar surface area (TPSA) is 48.9 Å². The van der Waals surface area contributed by atoms with Crippen LogP contribution in [0.15, 0.2) is 21.8 Å². The van der Waals surface area contributed by atoms with Gasteiger partial charge in [0.1, 0.15) is 0 Å². The summed E-state index contributed by atoms with van der Waals surface area (Å²) in [6.45, 7) is 12.4. The highest BCUT2D eigenvalue weighted by Crippen LogP contribution is 2.20. The largest absolute Gasteiger partial charge is 0.373 e. The van der Waals surface area contributed by atoms with Crippen molar-refractivity contribution >= 4 is 17.3 Å². The van der Waals surface area contributed by atoms with E-state index in [0.717, 1.165) is 32.1 Å². The molecule has 1 aromatic rings. The summed E-state index contributed by atoms with van der Waals surface area (Å²) in [5.74, 6) is 0.846. The number of ether oxygens (including phenoxy) is 1. The zero-order valence-corrected chi connectivity index (χ0v) is 15.7. The highest BCUT2D eigenvalue weighted by Gasteiger charge is 2.33. The lowest BCUT2D eigenvalue weighted by molar-refractivity contribution is -0.0946. The minimum atomic E-state index is 0.0479. The fraction of sp³-hybridized carbons (Fsp3) is 0.706. The van der Waals surface area contributed by atoms with Crippen LogP contribution in [-0.4, -0.2) is 55.3 Å². The van der Waals surface area contributed by atoms with Crippen molar-refractivity contribution in [2.75, 3.05) is 26.7 Å². The van der Waals surface area contributed by atoms with Gasteiger partial charge < -0.3 is 15.4 Å². The van der Waals surface area contributed by atoms with Crippen molar-refractivity contribution in [2.45, 2.75) is 52.0 Å². The Morgan fingerprint density at radius 2 is 2.04 bits per heavy atom. The number of aliphatic imine (C=N–C) groups is 1. The predicted molar refractivity (Wildman–Crippen MR) is 98.2 cm³/mol. The molecular weight excluding hydrogens is 308 g/mol. The number of guanidine groups is 1. The number of rotatable bonds is 5. The van der Waals surface area contributed by atoms with E-state index in [1.165, 1.54) is 5.56 Å². The number of hydrogen-bond acceptors (Lipinski definition) is 4. The molecule has 1 aliphatic rings. The average Bonchev–Trinajstić information content (AvgIpc) is 2.99. The summed E-state index contributed by atoms with van der Waals surface area (Å²) in [5, 5.41) is 11.1. The summed E-state index contributed by atoms with van der Waals surface area (Å²) in [6, 6.07) is 2.13. The van der Waals surface area contributed by atoms with Gasteiger partial charge in [-0.1, -0.05) is 0 Å². The van der Waals surface area contributed by atoms with Gasteiger partial charge in [-0.25, -0.2) is 0 Å². The van der Waals surface area contributed by atoms with Gasteiger partial charge in [0.25, 0.3) is 0 Å². The van der Waals surface area contributed by atoms with Gasteiger partial charge in [0.05, 0.1) is 12.2 Å². The van der Waals surface area contributed by atoms with Crippen LogP contribution in [0.1, 0.15) is 33.3 Å². The van der Waals surface area contributed by atoms with E-state index in [-0.39, 0.29) is 17.7 Å². The molecule has 6 heteroatoms. The van der Waals surface area contributed by atoms with Crippen LogP contribution in [0.4, 0.5) is 0 Å². The van der Waals surface area contributed by atoms with Crippen molar-refractivity contribution in [3.8, 4) is 0 Å². The van der Waals surface area contributed by atoms with Gasteiger partial charge in [0.2, 0.25) is 0 Å². The van der Waals surface area contributed by atoms with E-state index in [4.69, 9.17) is 4.74 Å². The second-order valence-corrected chi connectivity index (χ2v) is 7.67. The van der Waals surface area contributed by atoms with Crippen LogP contribution in [0.2, 0.25) is 0 Å². The highest BCUT2D eigenvalue weighted by atomic mass is 32.1. The lowest BCUT2D eigenvalue weighted by Crippen LogP contribution is -2.59. The molecule has 2 N–H and O–H groups in total. The van der Waals surface area contributed by atoms with E-state index >= 15 is 0 Å². The van der Waals surface area contributed by atoms with Gasteiger partial charge in [0.15, 0.2) is 5.96 Å². The number of nitrogens with one attached hydrogen (secondary N) is 2. The number of nitrogens with zero attached hydrogens (tertiary/aromatic N) is 2. The van der Waals surface area contributed by atoms with Crippen molar-refractivity contribution in [3.63, 3.8) is 0 Å². The van der Waals surface area contributed by atoms with Crippen molar-refractivity contribution in [2.24, 2.45) is 4.99 Å². The normalized spacial score (nSPS) is 23.8. The van der Waals surface area contributed by atoms with E-state index in [9.17, 15) is 0 Å². The lowest BCUT2D eigenvalue weighted by Gasteiger charge is -2.45. The third kappa shape index (κ3) is 5.48. The van der Waals surface area contributed by atoms with Crippen molar-refractivity contribution < 1.29 is 4.74 Å². The maximum atomic E-state index is 5.84. The average molecular weight is 339 g/mol. The zero-order valence-electron chi connectivity index (χ0n) is 14.9. The standard InChI is InChI=1S/C17H30N4OS/c1-13-9-21(10-14(2)22-13)17(3,4)12-20-16(18-5)19-8-15-6-7-23-11-15/h6-7,11,13-14H,8-10,12H2,1-5H3,(H2,18,19,20). The smallest absolute Gasteiger partial charge is 0.191 e. The molecule has 1 aromatic heterocycles. The number of hydrogen-bond donors (Lipinski definition) is 2.